The molecule has 178 valence electrons. The van der Waals surface area contributed by atoms with Gasteiger partial charge in [-0.15, -0.1) is 0 Å². The molecule has 1 unspecified atom stereocenters. The average Bonchev–Trinajstić information content (AvgIpc) is 2.79. The molecule has 2 aliphatic rings. The second kappa shape index (κ2) is 10.0. The lowest BCUT2D eigenvalue weighted by atomic mass is 9.81. The number of hydrogen-bond donors (Lipinski definition) is 0. The van der Waals surface area contributed by atoms with Crippen LogP contribution in [0, 0.1) is 18.2 Å². The number of benzene rings is 2. The van der Waals surface area contributed by atoms with Crippen molar-refractivity contribution in [2.24, 2.45) is 5.41 Å². The van der Waals surface area contributed by atoms with Gasteiger partial charge in [0, 0.05) is 44.3 Å². The Morgan fingerprint density at radius 3 is 2.52 bits per heavy atom. The number of fused-ring (bicyclic) bond motifs is 1. The van der Waals surface area contributed by atoms with Crippen LogP contribution in [0.15, 0.2) is 48.2 Å². The first kappa shape index (κ1) is 24.0. The smallest absolute Gasteiger partial charge is 0.126 e. The molecule has 0 N–H and O–H groups in total. The molecule has 4 rings (SSSR count). The highest BCUT2D eigenvalue weighted by Crippen LogP contribution is 2.36. The molecule has 2 nitrogen and oxygen atoms in total. The Morgan fingerprint density at radius 2 is 1.82 bits per heavy atom. The fraction of sp³-hybridized carbons (Fsp3) is 0.533. The van der Waals surface area contributed by atoms with Crippen molar-refractivity contribution in [3.63, 3.8) is 0 Å². The van der Waals surface area contributed by atoms with Crippen LogP contribution in [-0.2, 0) is 19.5 Å². The summed E-state index contributed by atoms with van der Waals surface area (Å²) in [5, 5.41) is 0. The van der Waals surface area contributed by atoms with E-state index in [0.29, 0.717) is 11.3 Å². The Morgan fingerprint density at radius 1 is 1.06 bits per heavy atom. The summed E-state index contributed by atoms with van der Waals surface area (Å²) in [6.07, 6.45) is 7.17. The number of likely N-dealkylation sites (tertiary alicyclic amines) is 1. The molecular weight excluding hydrogens is 407 g/mol. The molecule has 1 saturated heterocycles. The van der Waals surface area contributed by atoms with E-state index in [2.05, 4.69) is 61.8 Å². The van der Waals surface area contributed by atoms with Crippen molar-refractivity contribution >= 4 is 0 Å². The summed E-state index contributed by atoms with van der Waals surface area (Å²) < 4.78 is 13.6. The fourth-order valence-electron chi connectivity index (χ4n) is 5.43. The molecule has 2 aliphatic heterocycles. The van der Waals surface area contributed by atoms with Gasteiger partial charge < -0.3 is 4.90 Å². The van der Waals surface area contributed by atoms with Crippen LogP contribution >= 0.6 is 0 Å². The van der Waals surface area contributed by atoms with Crippen molar-refractivity contribution in [1.29, 1.82) is 0 Å². The largest absolute Gasteiger partial charge is 0.375 e. The van der Waals surface area contributed by atoms with Crippen molar-refractivity contribution in [2.75, 3.05) is 19.6 Å². The third kappa shape index (κ3) is 5.69. The number of rotatable bonds is 6. The van der Waals surface area contributed by atoms with E-state index < -0.39 is 0 Å². The van der Waals surface area contributed by atoms with E-state index in [1.54, 1.807) is 6.07 Å². The summed E-state index contributed by atoms with van der Waals surface area (Å²) in [7, 11) is 0. The molecule has 33 heavy (non-hydrogen) atoms. The van der Waals surface area contributed by atoms with Gasteiger partial charge in [-0.1, -0.05) is 64.1 Å². The van der Waals surface area contributed by atoms with Gasteiger partial charge >= 0.3 is 0 Å². The molecule has 3 heteroatoms. The topological polar surface area (TPSA) is 6.48 Å². The zero-order valence-corrected chi connectivity index (χ0v) is 21.3. The highest BCUT2D eigenvalue weighted by molar-refractivity contribution is 5.38. The Labute approximate surface area is 200 Å². The lowest BCUT2D eigenvalue weighted by Gasteiger charge is -2.41. The molecule has 0 aliphatic carbocycles. The standard InChI is InChI=1S/C30H41FN2/c1-6-7-29(33-16-13-30(4,5)14-17-33)23(3)25-9-10-27-21-32(15-12-26(27)19-25)20-24-8-11-28(31)22(2)18-24/h7-11,18-19,23H,6,12-17,20-21H2,1-5H3/b29-7-. The van der Waals surface area contributed by atoms with Gasteiger partial charge in [-0.3, -0.25) is 4.90 Å². The summed E-state index contributed by atoms with van der Waals surface area (Å²) in [6.45, 7) is 16.5. The molecule has 0 bridgehead atoms. The minimum absolute atomic E-state index is 0.117. The average molecular weight is 449 g/mol. The number of piperidine rings is 1. The number of aryl methyl sites for hydroxylation is 1. The summed E-state index contributed by atoms with van der Waals surface area (Å²) in [5.74, 6) is 0.311. The van der Waals surface area contributed by atoms with Crippen molar-refractivity contribution in [1.82, 2.24) is 9.80 Å². The van der Waals surface area contributed by atoms with Crippen molar-refractivity contribution in [2.45, 2.75) is 79.3 Å². The Kier molecular flexibility index (Phi) is 7.28. The molecule has 0 saturated carbocycles. The van der Waals surface area contributed by atoms with Gasteiger partial charge in [0.05, 0.1) is 0 Å². The lowest BCUT2D eigenvalue weighted by molar-refractivity contribution is 0.156. The van der Waals surface area contributed by atoms with Gasteiger partial charge in [0.2, 0.25) is 0 Å². The zero-order chi connectivity index (χ0) is 23.6. The molecule has 1 atom stereocenters. The van der Waals surface area contributed by atoms with E-state index in [0.717, 1.165) is 38.0 Å². The summed E-state index contributed by atoms with van der Waals surface area (Å²) in [5.41, 5.74) is 8.30. The SMILES string of the molecule is CC/C=C(/C(C)c1ccc2c(c1)CCN(Cc1ccc(F)c(C)c1)C2)N1CCC(C)(C)CC1. The highest BCUT2D eigenvalue weighted by atomic mass is 19.1. The van der Waals surface area contributed by atoms with Crippen molar-refractivity contribution in [3.05, 3.63) is 81.8 Å². The van der Waals surface area contributed by atoms with Crippen LogP contribution in [0.1, 0.15) is 80.7 Å². The number of hydrogen-bond acceptors (Lipinski definition) is 2. The van der Waals surface area contributed by atoms with Gasteiger partial charge in [-0.2, -0.15) is 0 Å². The predicted molar refractivity (Wildman–Crippen MR) is 137 cm³/mol. The van der Waals surface area contributed by atoms with Crippen molar-refractivity contribution in [3.8, 4) is 0 Å². The van der Waals surface area contributed by atoms with Crippen LogP contribution in [-0.4, -0.2) is 29.4 Å². The van der Waals surface area contributed by atoms with Gasteiger partial charge in [0.15, 0.2) is 0 Å². The quantitative estimate of drug-likeness (QED) is 0.460. The first-order valence-electron chi connectivity index (χ1n) is 12.8. The fourth-order valence-corrected chi connectivity index (χ4v) is 5.43. The summed E-state index contributed by atoms with van der Waals surface area (Å²) >= 11 is 0. The maximum Gasteiger partial charge on any atom is 0.126 e. The lowest BCUT2D eigenvalue weighted by Crippen LogP contribution is -2.38. The summed E-state index contributed by atoms with van der Waals surface area (Å²) in [4.78, 5) is 5.13. The molecule has 2 aromatic carbocycles. The van der Waals surface area contributed by atoms with Crippen LogP contribution in [0.5, 0.6) is 0 Å². The molecule has 0 spiro atoms. The first-order chi connectivity index (χ1) is 15.8. The van der Waals surface area contributed by atoms with Crippen LogP contribution in [0.4, 0.5) is 4.39 Å². The normalized spacial score (nSPS) is 19.9. The first-order valence-corrected chi connectivity index (χ1v) is 12.8. The molecule has 0 aromatic heterocycles. The van der Waals surface area contributed by atoms with Gasteiger partial charge in [0.25, 0.3) is 0 Å². The molecule has 0 amide bonds. The maximum atomic E-state index is 13.6. The van der Waals surface area contributed by atoms with Crippen LogP contribution in [0.2, 0.25) is 0 Å². The van der Waals surface area contributed by atoms with Crippen molar-refractivity contribution < 1.29 is 4.39 Å². The van der Waals surface area contributed by atoms with E-state index in [-0.39, 0.29) is 5.82 Å². The monoisotopic (exact) mass is 448 g/mol. The molecular formula is C30H41FN2. The Balaban J connectivity index is 1.45. The summed E-state index contributed by atoms with van der Waals surface area (Å²) in [6, 6.07) is 12.7. The van der Waals surface area contributed by atoms with E-state index in [1.165, 1.54) is 53.9 Å². The molecule has 2 aromatic rings. The molecule has 1 fully saturated rings. The second-order valence-corrected chi connectivity index (χ2v) is 11.0. The second-order valence-electron chi connectivity index (χ2n) is 11.0. The maximum absolute atomic E-state index is 13.6. The minimum Gasteiger partial charge on any atom is -0.375 e. The van der Waals surface area contributed by atoms with E-state index in [1.807, 2.05) is 19.1 Å². The molecule has 0 radical (unpaired) electrons. The van der Waals surface area contributed by atoms with Crippen LogP contribution in [0.25, 0.3) is 0 Å². The Hall–Kier alpha value is -2.13. The van der Waals surface area contributed by atoms with Crippen LogP contribution in [0.3, 0.4) is 0 Å². The number of nitrogens with zero attached hydrogens (tertiary/aromatic N) is 2. The number of halogens is 1. The van der Waals surface area contributed by atoms with E-state index in [9.17, 15) is 4.39 Å². The third-order valence-corrected chi connectivity index (χ3v) is 7.79. The molecule has 2 heterocycles. The van der Waals surface area contributed by atoms with Gasteiger partial charge in [-0.25, -0.2) is 4.39 Å². The third-order valence-electron chi connectivity index (χ3n) is 7.79. The highest BCUT2D eigenvalue weighted by Gasteiger charge is 2.28. The van der Waals surface area contributed by atoms with Crippen LogP contribution < -0.4 is 0 Å². The zero-order valence-electron chi connectivity index (χ0n) is 21.3. The number of allylic oxidation sites excluding steroid dienone is 2. The van der Waals surface area contributed by atoms with Gasteiger partial charge in [-0.05, 0) is 71.9 Å². The van der Waals surface area contributed by atoms with E-state index >= 15 is 0 Å². The minimum atomic E-state index is -0.117. The Bertz CT molecular complexity index is 996. The predicted octanol–water partition coefficient (Wildman–Crippen LogP) is 7.21. The van der Waals surface area contributed by atoms with E-state index in [4.69, 9.17) is 0 Å². The van der Waals surface area contributed by atoms with Gasteiger partial charge in [0.1, 0.15) is 5.82 Å².